The number of nitrogens with zero attached hydrogens (tertiary/aromatic N) is 4. The van der Waals surface area contributed by atoms with Crippen LogP contribution in [0.3, 0.4) is 0 Å². The Balaban J connectivity index is 1.74. The van der Waals surface area contributed by atoms with Gasteiger partial charge in [0.05, 0.1) is 16.9 Å². The molecule has 1 fully saturated rings. The van der Waals surface area contributed by atoms with Crippen molar-refractivity contribution in [1.82, 2.24) is 15.0 Å². The van der Waals surface area contributed by atoms with Gasteiger partial charge in [-0.15, -0.1) is 11.3 Å². The van der Waals surface area contributed by atoms with Gasteiger partial charge in [0.15, 0.2) is 0 Å². The van der Waals surface area contributed by atoms with Crippen LogP contribution < -0.4 is 4.90 Å². The average molecular weight is 274 g/mol. The van der Waals surface area contributed by atoms with Crippen LogP contribution >= 0.6 is 11.3 Å². The van der Waals surface area contributed by atoms with E-state index in [0.29, 0.717) is 5.92 Å². The molecular weight excluding hydrogens is 256 g/mol. The second-order valence-corrected chi connectivity index (χ2v) is 5.77. The number of hydrogen-bond acceptors (Lipinski definition) is 5. The van der Waals surface area contributed by atoms with Crippen LogP contribution in [0.25, 0.3) is 0 Å². The Morgan fingerprint density at radius 1 is 1.42 bits per heavy atom. The third kappa shape index (κ3) is 2.76. The van der Waals surface area contributed by atoms with Gasteiger partial charge < -0.3 is 4.90 Å². The molecule has 5 heteroatoms. The van der Waals surface area contributed by atoms with E-state index in [-0.39, 0.29) is 0 Å². The fourth-order valence-electron chi connectivity index (χ4n) is 2.51. The molecule has 0 amide bonds. The van der Waals surface area contributed by atoms with Crippen LogP contribution in [0, 0.1) is 0 Å². The van der Waals surface area contributed by atoms with E-state index in [9.17, 15) is 0 Å². The Bertz CT molecular complexity index is 525. The maximum Gasteiger partial charge on any atom is 0.147 e. The molecular formula is C14H18N4S. The number of hydrogen-bond donors (Lipinski definition) is 0. The van der Waals surface area contributed by atoms with Gasteiger partial charge in [0.1, 0.15) is 5.82 Å². The number of aromatic nitrogens is 3. The highest BCUT2D eigenvalue weighted by Gasteiger charge is 2.24. The van der Waals surface area contributed by atoms with Crippen LogP contribution in [0.15, 0.2) is 24.0 Å². The first-order chi connectivity index (χ1) is 9.36. The van der Waals surface area contributed by atoms with E-state index in [1.807, 2.05) is 6.20 Å². The van der Waals surface area contributed by atoms with Gasteiger partial charge in [-0.2, -0.15) is 0 Å². The highest BCUT2D eigenvalue weighted by molar-refractivity contribution is 7.09. The molecule has 0 aromatic carbocycles. The summed E-state index contributed by atoms with van der Waals surface area (Å²) in [6.07, 6.45) is 8.78. The smallest absolute Gasteiger partial charge is 0.147 e. The number of rotatable bonds is 3. The number of thiazole rings is 1. The molecule has 3 heterocycles. The van der Waals surface area contributed by atoms with Crippen LogP contribution in [0.1, 0.15) is 36.4 Å². The van der Waals surface area contributed by atoms with Crippen molar-refractivity contribution in [2.75, 3.05) is 18.0 Å². The highest BCUT2D eigenvalue weighted by Crippen LogP contribution is 2.30. The molecule has 1 atom stereocenters. The summed E-state index contributed by atoms with van der Waals surface area (Å²) in [5.41, 5.74) is 1.22. The first-order valence-electron chi connectivity index (χ1n) is 6.82. The van der Waals surface area contributed by atoms with Crippen molar-refractivity contribution in [3.05, 3.63) is 34.7 Å². The lowest BCUT2D eigenvalue weighted by molar-refractivity contribution is 0.504. The summed E-state index contributed by atoms with van der Waals surface area (Å²) in [5.74, 6) is 1.53. The van der Waals surface area contributed by atoms with E-state index in [1.165, 1.54) is 23.5 Å². The van der Waals surface area contributed by atoms with E-state index in [0.717, 1.165) is 25.3 Å². The maximum absolute atomic E-state index is 4.74. The minimum absolute atomic E-state index is 0.543. The Morgan fingerprint density at radius 2 is 2.37 bits per heavy atom. The van der Waals surface area contributed by atoms with Crippen molar-refractivity contribution in [2.45, 2.75) is 32.1 Å². The van der Waals surface area contributed by atoms with Crippen LogP contribution in [0.4, 0.5) is 5.82 Å². The molecule has 1 aliphatic heterocycles. The van der Waals surface area contributed by atoms with Gasteiger partial charge in [0, 0.05) is 36.8 Å². The van der Waals surface area contributed by atoms with E-state index in [4.69, 9.17) is 4.98 Å². The summed E-state index contributed by atoms with van der Waals surface area (Å²) in [5, 5.41) is 3.47. The van der Waals surface area contributed by atoms with E-state index < -0.39 is 0 Å². The van der Waals surface area contributed by atoms with Gasteiger partial charge in [0.2, 0.25) is 0 Å². The zero-order chi connectivity index (χ0) is 13.1. The van der Waals surface area contributed by atoms with Crippen LogP contribution in [0.5, 0.6) is 0 Å². The minimum Gasteiger partial charge on any atom is -0.355 e. The minimum atomic E-state index is 0.543. The van der Waals surface area contributed by atoms with Gasteiger partial charge >= 0.3 is 0 Å². The molecule has 2 aromatic heterocycles. The lowest BCUT2D eigenvalue weighted by Gasteiger charge is -2.32. The second kappa shape index (κ2) is 5.65. The van der Waals surface area contributed by atoms with Crippen LogP contribution in [-0.2, 0) is 6.42 Å². The normalized spacial score (nSPS) is 19.6. The first kappa shape index (κ1) is 12.5. The molecule has 2 aromatic rings. The van der Waals surface area contributed by atoms with E-state index in [2.05, 4.69) is 27.2 Å². The lowest BCUT2D eigenvalue weighted by atomic mass is 9.99. The number of aryl methyl sites for hydroxylation is 1. The monoisotopic (exact) mass is 274 g/mol. The third-order valence-corrected chi connectivity index (χ3v) is 4.63. The molecule has 0 aliphatic carbocycles. The lowest BCUT2D eigenvalue weighted by Crippen LogP contribution is -2.34. The van der Waals surface area contributed by atoms with Crippen molar-refractivity contribution in [1.29, 1.82) is 0 Å². The Kier molecular flexibility index (Phi) is 3.73. The third-order valence-electron chi connectivity index (χ3n) is 3.58. The van der Waals surface area contributed by atoms with Crippen molar-refractivity contribution < 1.29 is 0 Å². The standard InChI is InChI=1S/C14H18N4S/c1-2-12-10-19-14(17-12)11-4-3-7-18(9-11)13-8-15-5-6-16-13/h5-6,8,10-11H,2-4,7,9H2,1H3/t11-/m1/s1. The molecule has 3 rings (SSSR count). The molecule has 19 heavy (non-hydrogen) atoms. The summed E-state index contributed by atoms with van der Waals surface area (Å²) >= 11 is 1.80. The van der Waals surface area contributed by atoms with Crippen LogP contribution in [-0.4, -0.2) is 28.0 Å². The Morgan fingerprint density at radius 3 is 3.11 bits per heavy atom. The molecule has 0 radical (unpaired) electrons. The Hall–Kier alpha value is -1.49. The number of piperidine rings is 1. The van der Waals surface area contributed by atoms with Gasteiger partial charge in [-0.3, -0.25) is 4.98 Å². The predicted octanol–water partition coefficient (Wildman–Crippen LogP) is 2.88. The maximum atomic E-state index is 4.74. The zero-order valence-electron chi connectivity index (χ0n) is 11.1. The second-order valence-electron chi connectivity index (χ2n) is 4.88. The average Bonchev–Trinajstić information content (AvgIpc) is 2.97. The van der Waals surface area contributed by atoms with Crippen LogP contribution in [0.2, 0.25) is 0 Å². The molecule has 4 nitrogen and oxygen atoms in total. The van der Waals surface area contributed by atoms with Crippen molar-refractivity contribution >= 4 is 17.2 Å². The first-order valence-corrected chi connectivity index (χ1v) is 7.70. The molecule has 0 saturated carbocycles. The largest absolute Gasteiger partial charge is 0.355 e. The highest BCUT2D eigenvalue weighted by atomic mass is 32.1. The van der Waals surface area contributed by atoms with Crippen molar-refractivity contribution in [3.8, 4) is 0 Å². The molecule has 1 aliphatic rings. The molecule has 0 spiro atoms. The summed E-state index contributed by atoms with van der Waals surface area (Å²) in [6.45, 7) is 4.24. The van der Waals surface area contributed by atoms with Crippen molar-refractivity contribution in [2.24, 2.45) is 0 Å². The van der Waals surface area contributed by atoms with Crippen molar-refractivity contribution in [3.63, 3.8) is 0 Å². The van der Waals surface area contributed by atoms with Gasteiger partial charge in [-0.1, -0.05) is 6.92 Å². The Labute approximate surface area is 117 Å². The molecule has 100 valence electrons. The summed E-state index contributed by atoms with van der Waals surface area (Å²) in [4.78, 5) is 15.6. The van der Waals surface area contributed by atoms with E-state index >= 15 is 0 Å². The van der Waals surface area contributed by atoms with Gasteiger partial charge in [0.25, 0.3) is 0 Å². The van der Waals surface area contributed by atoms with Gasteiger partial charge in [-0.25, -0.2) is 9.97 Å². The summed E-state index contributed by atoms with van der Waals surface area (Å²) < 4.78 is 0. The quantitative estimate of drug-likeness (QED) is 0.863. The molecule has 0 unspecified atom stereocenters. The fraction of sp³-hybridized carbons (Fsp3) is 0.500. The van der Waals surface area contributed by atoms with Gasteiger partial charge in [-0.05, 0) is 19.3 Å². The molecule has 0 N–H and O–H groups in total. The molecule has 1 saturated heterocycles. The summed E-state index contributed by atoms with van der Waals surface area (Å²) in [6, 6.07) is 0. The SMILES string of the molecule is CCc1csc([C@@H]2CCCN(c3cnccn3)C2)n1. The summed E-state index contributed by atoms with van der Waals surface area (Å²) in [7, 11) is 0. The molecule has 0 bridgehead atoms. The topological polar surface area (TPSA) is 41.9 Å². The zero-order valence-corrected chi connectivity index (χ0v) is 11.9. The fourth-order valence-corrected chi connectivity index (χ4v) is 3.54. The predicted molar refractivity (Wildman–Crippen MR) is 77.7 cm³/mol. The van der Waals surface area contributed by atoms with E-state index in [1.54, 1.807) is 23.7 Å². The number of anilines is 1.